The van der Waals surface area contributed by atoms with Crippen LogP contribution in [0.5, 0.6) is 5.75 Å². The number of amides is 2. The second-order valence-electron chi connectivity index (χ2n) is 7.72. The third kappa shape index (κ3) is 6.34. The molecule has 1 aliphatic carbocycles. The predicted molar refractivity (Wildman–Crippen MR) is 110 cm³/mol. The zero-order chi connectivity index (χ0) is 20.6. The van der Waals surface area contributed by atoms with Gasteiger partial charge in [0.05, 0.1) is 0 Å². The van der Waals surface area contributed by atoms with Crippen LogP contribution in [0.4, 0.5) is 5.69 Å². The molecule has 3 rings (SSSR count). The lowest BCUT2D eigenvalue weighted by Crippen LogP contribution is -2.37. The van der Waals surface area contributed by atoms with Gasteiger partial charge >= 0.3 is 0 Å². The molecular weight excluding hydrogens is 370 g/mol. The van der Waals surface area contributed by atoms with Crippen LogP contribution in [0.25, 0.3) is 0 Å². The van der Waals surface area contributed by atoms with E-state index >= 15 is 0 Å². The number of benzene rings is 1. The Kier molecular flexibility index (Phi) is 7.27. The Balaban J connectivity index is 1.46. The van der Waals surface area contributed by atoms with Crippen LogP contribution in [-0.4, -0.2) is 23.0 Å². The maximum absolute atomic E-state index is 12.3. The Morgan fingerprint density at radius 3 is 2.59 bits per heavy atom. The van der Waals surface area contributed by atoms with Gasteiger partial charge in [-0.2, -0.15) is 0 Å². The van der Waals surface area contributed by atoms with Gasteiger partial charge in [0.1, 0.15) is 12.4 Å². The Labute approximate surface area is 171 Å². The van der Waals surface area contributed by atoms with Crippen molar-refractivity contribution in [1.82, 2.24) is 10.5 Å². The van der Waals surface area contributed by atoms with Crippen LogP contribution >= 0.6 is 0 Å². The van der Waals surface area contributed by atoms with Crippen LogP contribution in [-0.2, 0) is 11.4 Å². The number of carbonyl (C=O) groups is 2. The normalized spacial score (nSPS) is 18.8. The minimum Gasteiger partial charge on any atom is -0.486 e. The van der Waals surface area contributed by atoms with E-state index in [1.165, 1.54) is 0 Å². The molecule has 2 amide bonds. The first kappa shape index (κ1) is 20.9. The van der Waals surface area contributed by atoms with Crippen molar-refractivity contribution in [2.24, 2.45) is 5.92 Å². The van der Waals surface area contributed by atoms with Gasteiger partial charge in [0.2, 0.25) is 5.91 Å². The fraction of sp³-hybridized carbons (Fsp3) is 0.500. The van der Waals surface area contributed by atoms with Gasteiger partial charge < -0.3 is 19.9 Å². The number of carbonyl (C=O) groups excluding carboxylic acids is 2. The van der Waals surface area contributed by atoms with Crippen molar-refractivity contribution < 1.29 is 18.8 Å². The third-order valence-electron chi connectivity index (χ3n) is 5.14. The Bertz CT molecular complexity index is 808. The van der Waals surface area contributed by atoms with Gasteiger partial charge in [0.25, 0.3) is 5.91 Å². The molecular formula is C22H29N3O4. The van der Waals surface area contributed by atoms with E-state index in [1.54, 1.807) is 30.3 Å². The molecule has 1 saturated carbocycles. The van der Waals surface area contributed by atoms with Crippen LogP contribution in [0, 0.1) is 5.92 Å². The van der Waals surface area contributed by atoms with Crippen molar-refractivity contribution in [3.8, 4) is 5.75 Å². The largest absolute Gasteiger partial charge is 0.486 e. The first-order chi connectivity index (χ1) is 14.0. The van der Waals surface area contributed by atoms with Gasteiger partial charge in [-0.05, 0) is 62.3 Å². The third-order valence-corrected chi connectivity index (χ3v) is 5.14. The fourth-order valence-corrected chi connectivity index (χ4v) is 3.39. The van der Waals surface area contributed by atoms with Crippen molar-refractivity contribution in [1.29, 1.82) is 0 Å². The summed E-state index contributed by atoms with van der Waals surface area (Å²) in [5.41, 5.74) is 1.00. The number of ether oxygens (including phenoxy) is 1. The average molecular weight is 399 g/mol. The first-order valence-electron chi connectivity index (χ1n) is 10.3. The summed E-state index contributed by atoms with van der Waals surface area (Å²) in [6.07, 6.45) is 5.61. The summed E-state index contributed by atoms with van der Waals surface area (Å²) >= 11 is 0. The number of rotatable bonds is 8. The number of nitrogens with zero attached hydrogens (tertiary/aromatic N) is 1. The summed E-state index contributed by atoms with van der Waals surface area (Å²) in [5.74, 6) is 1.65. The molecule has 1 aromatic heterocycles. The highest BCUT2D eigenvalue weighted by Crippen LogP contribution is 2.23. The smallest absolute Gasteiger partial charge is 0.273 e. The number of anilines is 1. The maximum atomic E-state index is 12.3. The monoisotopic (exact) mass is 399 g/mol. The second-order valence-corrected chi connectivity index (χ2v) is 7.72. The zero-order valence-electron chi connectivity index (χ0n) is 17.1. The summed E-state index contributed by atoms with van der Waals surface area (Å²) in [5, 5.41) is 9.72. The lowest BCUT2D eigenvalue weighted by molar-refractivity contribution is -0.116. The van der Waals surface area contributed by atoms with Crippen molar-refractivity contribution in [2.75, 3.05) is 5.32 Å². The molecule has 1 fully saturated rings. The van der Waals surface area contributed by atoms with E-state index in [1.807, 2.05) is 6.92 Å². The lowest BCUT2D eigenvalue weighted by Gasteiger charge is -2.26. The number of aromatic nitrogens is 1. The van der Waals surface area contributed by atoms with Gasteiger partial charge in [0, 0.05) is 24.2 Å². The molecule has 156 valence electrons. The van der Waals surface area contributed by atoms with Crippen LogP contribution in [0.1, 0.15) is 68.6 Å². The molecule has 29 heavy (non-hydrogen) atoms. The molecule has 1 aliphatic rings. The highest BCUT2D eigenvalue weighted by molar-refractivity contribution is 5.92. The van der Waals surface area contributed by atoms with Crippen LogP contribution in [0.3, 0.4) is 0 Å². The van der Waals surface area contributed by atoms with Gasteiger partial charge in [-0.25, -0.2) is 0 Å². The summed E-state index contributed by atoms with van der Waals surface area (Å²) in [6.45, 7) is 4.38. The fourth-order valence-electron chi connectivity index (χ4n) is 3.39. The van der Waals surface area contributed by atoms with E-state index in [4.69, 9.17) is 9.26 Å². The Morgan fingerprint density at radius 1 is 1.17 bits per heavy atom. The number of hydrogen-bond donors (Lipinski definition) is 2. The SMILES string of the molecule is CCCC(=O)Nc1ccc(OCc2cc(C(=O)NC3CCC(C)CC3)no2)cc1. The quantitative estimate of drug-likeness (QED) is 0.690. The molecule has 0 atom stereocenters. The zero-order valence-corrected chi connectivity index (χ0v) is 17.1. The average Bonchev–Trinajstić information content (AvgIpc) is 3.19. The summed E-state index contributed by atoms with van der Waals surface area (Å²) in [6, 6.07) is 8.94. The van der Waals surface area contributed by atoms with Gasteiger partial charge in [-0.1, -0.05) is 19.0 Å². The van der Waals surface area contributed by atoms with Crippen molar-refractivity contribution in [2.45, 2.75) is 65.0 Å². The Hall–Kier alpha value is -2.83. The van der Waals surface area contributed by atoms with Gasteiger partial charge in [0.15, 0.2) is 11.5 Å². The molecule has 0 aliphatic heterocycles. The molecule has 0 spiro atoms. The standard InChI is InChI=1S/C22H29N3O4/c1-3-4-21(26)23-16-9-11-18(12-10-16)28-14-19-13-20(25-29-19)22(27)24-17-7-5-15(2)6-8-17/h9-13,15,17H,3-8,14H2,1-2H3,(H,23,26)(H,24,27). The van der Waals surface area contributed by atoms with Crippen molar-refractivity contribution in [3.63, 3.8) is 0 Å². The number of hydrogen-bond acceptors (Lipinski definition) is 5. The van der Waals surface area contributed by atoms with E-state index in [9.17, 15) is 9.59 Å². The van der Waals surface area contributed by atoms with Crippen molar-refractivity contribution in [3.05, 3.63) is 41.8 Å². The molecule has 0 unspecified atom stereocenters. The van der Waals surface area contributed by atoms with E-state index in [-0.39, 0.29) is 30.2 Å². The summed E-state index contributed by atoms with van der Waals surface area (Å²) < 4.78 is 10.9. The van der Waals surface area contributed by atoms with Crippen LogP contribution < -0.4 is 15.4 Å². The molecule has 1 aromatic carbocycles. The molecule has 0 bridgehead atoms. The second kappa shape index (κ2) is 10.1. The molecule has 1 heterocycles. The van der Waals surface area contributed by atoms with Crippen LogP contribution in [0.15, 0.2) is 34.9 Å². The maximum Gasteiger partial charge on any atom is 0.273 e. The first-order valence-corrected chi connectivity index (χ1v) is 10.3. The van der Waals surface area contributed by atoms with Crippen molar-refractivity contribution >= 4 is 17.5 Å². The van der Waals surface area contributed by atoms with Crippen LogP contribution in [0.2, 0.25) is 0 Å². The topological polar surface area (TPSA) is 93.5 Å². The van der Waals surface area contributed by atoms with E-state index in [0.717, 1.165) is 43.7 Å². The van der Waals surface area contributed by atoms with Gasteiger partial charge in [-0.15, -0.1) is 0 Å². The Morgan fingerprint density at radius 2 is 1.90 bits per heavy atom. The van der Waals surface area contributed by atoms with E-state index in [2.05, 4.69) is 22.7 Å². The minimum atomic E-state index is -0.202. The molecule has 2 aromatic rings. The predicted octanol–water partition coefficient (Wildman–Crippen LogP) is 4.30. The summed E-state index contributed by atoms with van der Waals surface area (Å²) in [7, 11) is 0. The minimum absolute atomic E-state index is 0.00336. The molecule has 2 N–H and O–H groups in total. The highest BCUT2D eigenvalue weighted by Gasteiger charge is 2.22. The van der Waals surface area contributed by atoms with Gasteiger partial charge in [-0.3, -0.25) is 9.59 Å². The van der Waals surface area contributed by atoms with E-state index < -0.39 is 0 Å². The number of nitrogens with one attached hydrogen (secondary N) is 2. The molecule has 0 saturated heterocycles. The lowest BCUT2D eigenvalue weighted by atomic mass is 9.87. The molecule has 0 radical (unpaired) electrons. The molecule has 7 nitrogen and oxygen atoms in total. The highest BCUT2D eigenvalue weighted by atomic mass is 16.5. The van der Waals surface area contributed by atoms with E-state index in [0.29, 0.717) is 17.9 Å². The molecule has 7 heteroatoms. The summed E-state index contributed by atoms with van der Waals surface area (Å²) in [4.78, 5) is 24.0.